The molecule has 12 atom stereocenters. The van der Waals surface area contributed by atoms with Gasteiger partial charge >= 0.3 is 0 Å². The summed E-state index contributed by atoms with van der Waals surface area (Å²) < 4.78 is 22.7. The molecule has 0 bridgehead atoms. The molecule has 384 valence electrons. The Morgan fingerprint density at radius 1 is 0.530 bits per heavy atom. The van der Waals surface area contributed by atoms with Crippen LogP contribution in [0.4, 0.5) is 0 Å². The normalized spacial score (nSPS) is 27.2. The Morgan fingerprint density at radius 3 is 1.50 bits per heavy atom. The fourth-order valence-electron chi connectivity index (χ4n) is 8.20. The summed E-state index contributed by atoms with van der Waals surface area (Å²) in [6.45, 7) is 2.72. The first-order valence-electron chi connectivity index (χ1n) is 25.9. The van der Waals surface area contributed by atoms with E-state index in [1.807, 2.05) is 6.08 Å². The van der Waals surface area contributed by atoms with E-state index in [1.165, 1.54) is 83.5 Å². The van der Waals surface area contributed by atoms with Gasteiger partial charge in [-0.15, -0.1) is 0 Å². The number of ether oxygens (including phenoxy) is 4. The van der Waals surface area contributed by atoms with E-state index in [9.17, 15) is 45.6 Å². The summed E-state index contributed by atoms with van der Waals surface area (Å²) in [6, 6.07) is -0.941. The Bertz CT molecular complexity index is 1290. The molecule has 12 unspecified atom stereocenters. The van der Waals surface area contributed by atoms with E-state index in [4.69, 9.17) is 18.9 Å². The summed E-state index contributed by atoms with van der Waals surface area (Å²) in [5.41, 5.74) is 0. The van der Waals surface area contributed by atoms with E-state index < -0.39 is 86.8 Å². The summed E-state index contributed by atoms with van der Waals surface area (Å²) in [5, 5.41) is 86.7. The van der Waals surface area contributed by atoms with Crippen molar-refractivity contribution in [1.29, 1.82) is 0 Å². The van der Waals surface area contributed by atoms with Crippen molar-refractivity contribution in [2.45, 2.75) is 254 Å². The number of hydrogen-bond donors (Lipinski definition) is 9. The predicted molar refractivity (Wildman–Crippen MR) is 258 cm³/mol. The van der Waals surface area contributed by atoms with Crippen LogP contribution in [0.1, 0.15) is 181 Å². The van der Waals surface area contributed by atoms with Gasteiger partial charge in [-0.3, -0.25) is 4.79 Å². The van der Waals surface area contributed by atoms with E-state index >= 15 is 0 Å². The van der Waals surface area contributed by atoms with Crippen LogP contribution in [0.2, 0.25) is 0 Å². The molecule has 0 aromatic heterocycles. The molecular formula is C52H93NO13. The van der Waals surface area contributed by atoms with Gasteiger partial charge in [0.15, 0.2) is 12.6 Å². The van der Waals surface area contributed by atoms with Crippen molar-refractivity contribution in [3.63, 3.8) is 0 Å². The Balaban J connectivity index is 1.87. The zero-order valence-electron chi connectivity index (χ0n) is 40.7. The van der Waals surface area contributed by atoms with Gasteiger partial charge in [0.2, 0.25) is 5.91 Å². The lowest BCUT2D eigenvalue weighted by Crippen LogP contribution is -2.65. The van der Waals surface area contributed by atoms with E-state index in [0.29, 0.717) is 12.8 Å². The van der Waals surface area contributed by atoms with E-state index in [1.54, 1.807) is 6.08 Å². The van der Waals surface area contributed by atoms with Crippen LogP contribution in [-0.2, 0) is 23.7 Å². The summed E-state index contributed by atoms with van der Waals surface area (Å²) >= 11 is 0. The summed E-state index contributed by atoms with van der Waals surface area (Å²) in [4.78, 5) is 13.1. The molecule has 0 aromatic rings. The van der Waals surface area contributed by atoms with Gasteiger partial charge in [-0.1, -0.05) is 152 Å². The van der Waals surface area contributed by atoms with Gasteiger partial charge in [0.1, 0.15) is 48.8 Å². The summed E-state index contributed by atoms with van der Waals surface area (Å²) in [7, 11) is 0. The molecule has 2 fully saturated rings. The molecule has 0 saturated carbocycles. The molecule has 2 saturated heterocycles. The van der Waals surface area contributed by atoms with Crippen molar-refractivity contribution in [3.8, 4) is 0 Å². The first-order chi connectivity index (χ1) is 32.1. The number of aliphatic hydroxyl groups excluding tert-OH is 8. The van der Waals surface area contributed by atoms with Crippen LogP contribution in [0.15, 0.2) is 48.6 Å². The number of carbonyl (C=O) groups is 1. The fourth-order valence-corrected chi connectivity index (χ4v) is 8.20. The van der Waals surface area contributed by atoms with Crippen LogP contribution in [0, 0.1) is 0 Å². The monoisotopic (exact) mass is 940 g/mol. The molecule has 0 spiro atoms. The Morgan fingerprint density at radius 2 is 0.970 bits per heavy atom. The second-order valence-corrected chi connectivity index (χ2v) is 18.3. The van der Waals surface area contributed by atoms with Crippen molar-refractivity contribution in [2.24, 2.45) is 0 Å². The van der Waals surface area contributed by atoms with Gasteiger partial charge in [-0.2, -0.15) is 0 Å². The highest BCUT2D eigenvalue weighted by Gasteiger charge is 2.51. The van der Waals surface area contributed by atoms with Crippen molar-refractivity contribution in [1.82, 2.24) is 5.32 Å². The number of unbranched alkanes of at least 4 members (excludes halogenated alkanes) is 20. The maximum absolute atomic E-state index is 13.1. The number of amides is 1. The average molecular weight is 940 g/mol. The van der Waals surface area contributed by atoms with Crippen molar-refractivity contribution in [2.75, 3.05) is 19.8 Å². The largest absolute Gasteiger partial charge is 0.394 e. The molecule has 66 heavy (non-hydrogen) atoms. The van der Waals surface area contributed by atoms with Crippen LogP contribution < -0.4 is 5.32 Å². The smallest absolute Gasteiger partial charge is 0.220 e. The Kier molecular flexibility index (Phi) is 35.3. The van der Waals surface area contributed by atoms with Gasteiger partial charge in [-0.05, 0) is 70.6 Å². The molecule has 0 radical (unpaired) electrons. The standard InChI is InChI=1S/C52H93NO13/c1-3-5-7-9-11-13-15-17-18-19-20-21-22-24-25-27-29-31-33-35-41(56)40(53-44(57)36-34-32-30-28-26-23-16-14-12-10-8-6-4-2)39-63-51-49(62)47(60)50(43(38-55)65-51)66-52-48(61)46(59)45(58)42(37-54)64-52/h14,16,20-21,25,27,33,35,40-43,45-52,54-56,58-62H,3-13,15,17-19,22-24,26,28-32,34,36-39H2,1-2H3,(H,53,57)/b16-14-,21-20+,27-25+,35-33+. The van der Waals surface area contributed by atoms with Gasteiger partial charge < -0.3 is 65.1 Å². The topological polar surface area (TPSA) is 228 Å². The lowest BCUT2D eigenvalue weighted by Gasteiger charge is -2.46. The van der Waals surface area contributed by atoms with Crippen LogP contribution >= 0.6 is 0 Å². The third-order valence-corrected chi connectivity index (χ3v) is 12.5. The van der Waals surface area contributed by atoms with Crippen LogP contribution in [0.5, 0.6) is 0 Å². The number of allylic oxidation sites excluding steroid dienone is 7. The minimum Gasteiger partial charge on any atom is -0.394 e. The molecule has 2 aliphatic rings. The molecule has 14 nitrogen and oxygen atoms in total. The molecule has 9 N–H and O–H groups in total. The molecule has 0 aliphatic carbocycles. The lowest BCUT2D eigenvalue weighted by molar-refractivity contribution is -0.359. The van der Waals surface area contributed by atoms with Gasteiger partial charge in [0, 0.05) is 6.42 Å². The fraction of sp³-hybridized carbons (Fsp3) is 0.827. The number of carbonyl (C=O) groups excluding carboxylic acids is 1. The molecule has 14 heteroatoms. The maximum atomic E-state index is 13.1. The minimum absolute atomic E-state index is 0.259. The third-order valence-electron chi connectivity index (χ3n) is 12.5. The first kappa shape index (κ1) is 60.1. The molecule has 2 heterocycles. The second-order valence-electron chi connectivity index (χ2n) is 18.3. The summed E-state index contributed by atoms with van der Waals surface area (Å²) in [6.07, 6.45) is 28.7. The quantitative estimate of drug-likeness (QED) is 0.0227. The van der Waals surface area contributed by atoms with Crippen molar-refractivity contribution >= 4 is 5.91 Å². The molecule has 2 rings (SSSR count). The number of rotatable bonds is 39. The Hall–Kier alpha value is -2.05. The molecule has 1 amide bonds. The highest BCUT2D eigenvalue weighted by molar-refractivity contribution is 5.76. The molecule has 2 aliphatic heterocycles. The first-order valence-corrected chi connectivity index (χ1v) is 25.9. The van der Waals surface area contributed by atoms with E-state index in [2.05, 4.69) is 55.6 Å². The number of aliphatic hydroxyl groups is 8. The maximum Gasteiger partial charge on any atom is 0.220 e. The zero-order chi connectivity index (χ0) is 48.2. The third kappa shape index (κ3) is 25.5. The lowest BCUT2D eigenvalue weighted by atomic mass is 9.97. The van der Waals surface area contributed by atoms with E-state index in [0.717, 1.165) is 64.2 Å². The van der Waals surface area contributed by atoms with Crippen LogP contribution in [0.25, 0.3) is 0 Å². The van der Waals surface area contributed by atoms with Crippen molar-refractivity contribution in [3.05, 3.63) is 48.6 Å². The Labute approximate surface area is 397 Å². The van der Waals surface area contributed by atoms with E-state index in [-0.39, 0.29) is 18.9 Å². The van der Waals surface area contributed by atoms with Crippen LogP contribution in [0.3, 0.4) is 0 Å². The predicted octanol–water partition coefficient (Wildman–Crippen LogP) is 6.88. The SMILES string of the molecule is CCCCCC/C=C\CCCCCCCC(=O)NC(COC1OC(CO)C(OC2OC(CO)C(O)C(O)C2O)C(O)C1O)C(O)/C=C/CC/C=C/CC/C=C/CCCCCCCCCCC. The van der Waals surface area contributed by atoms with Crippen LogP contribution in [-0.4, -0.2) is 140 Å². The minimum atomic E-state index is -1.79. The number of nitrogens with one attached hydrogen (secondary N) is 1. The van der Waals surface area contributed by atoms with Gasteiger partial charge in [0.25, 0.3) is 0 Å². The van der Waals surface area contributed by atoms with Gasteiger partial charge in [-0.25, -0.2) is 0 Å². The highest BCUT2D eigenvalue weighted by Crippen LogP contribution is 2.30. The zero-order valence-corrected chi connectivity index (χ0v) is 40.7. The summed E-state index contributed by atoms with van der Waals surface area (Å²) in [5.74, 6) is -0.265. The van der Waals surface area contributed by atoms with Gasteiger partial charge in [0.05, 0.1) is 32.0 Å². The highest BCUT2D eigenvalue weighted by atomic mass is 16.7. The molecule has 0 aromatic carbocycles. The second kappa shape index (κ2) is 38.8. The average Bonchev–Trinajstić information content (AvgIpc) is 3.31. The van der Waals surface area contributed by atoms with Crippen molar-refractivity contribution < 1.29 is 64.6 Å². The molecular weight excluding hydrogens is 847 g/mol. The number of hydrogen-bond acceptors (Lipinski definition) is 13.